The first-order valence-corrected chi connectivity index (χ1v) is 13.2. The van der Waals surface area contributed by atoms with Crippen molar-refractivity contribution in [3.63, 3.8) is 0 Å². The third-order valence-corrected chi connectivity index (χ3v) is 8.10. The number of carbonyl (C=O) groups excluding carboxylic acids is 2. The van der Waals surface area contributed by atoms with Crippen LogP contribution in [0, 0.1) is 5.82 Å². The molecule has 1 aromatic carbocycles. The van der Waals surface area contributed by atoms with E-state index in [1.165, 1.54) is 18.2 Å². The van der Waals surface area contributed by atoms with Gasteiger partial charge in [-0.15, -0.1) is 0 Å². The third-order valence-electron chi connectivity index (χ3n) is 7.75. The third kappa shape index (κ3) is 6.41. The van der Waals surface area contributed by atoms with Crippen molar-refractivity contribution in [2.24, 2.45) is 0 Å². The molecule has 0 N–H and O–H groups in total. The summed E-state index contributed by atoms with van der Waals surface area (Å²) in [5.41, 5.74) is 2.53. The summed E-state index contributed by atoms with van der Waals surface area (Å²) in [5, 5.41) is 20.1. The molecule has 2 heterocycles. The molecule has 0 amide bonds. The van der Waals surface area contributed by atoms with E-state index < -0.39 is 17.7 Å². The fourth-order valence-electron chi connectivity index (χ4n) is 5.48. The van der Waals surface area contributed by atoms with Crippen LogP contribution >= 0.6 is 11.6 Å². The van der Waals surface area contributed by atoms with Gasteiger partial charge < -0.3 is 18.9 Å². The van der Waals surface area contributed by atoms with Gasteiger partial charge in [0.1, 0.15) is 17.4 Å². The molecule has 0 aliphatic heterocycles. The maximum absolute atomic E-state index is 13.4. The van der Waals surface area contributed by atoms with E-state index in [2.05, 4.69) is 17.2 Å². The van der Waals surface area contributed by atoms with Crippen LogP contribution in [0.2, 0.25) is 5.02 Å². The Bertz CT molecular complexity index is 1310. The first-order chi connectivity index (χ1) is 17.7. The molecule has 5 rings (SSSR count). The van der Waals surface area contributed by atoms with Gasteiger partial charge in [0, 0.05) is 46.8 Å². The summed E-state index contributed by atoms with van der Waals surface area (Å²) in [6.45, 7) is 2.19. The van der Waals surface area contributed by atoms with Crippen LogP contribution in [0.4, 0.5) is 4.39 Å². The molecule has 0 saturated heterocycles. The van der Waals surface area contributed by atoms with Crippen LogP contribution in [-0.2, 0) is 21.4 Å². The Morgan fingerprint density at radius 2 is 1.92 bits per heavy atom. The Kier molecular flexibility index (Phi) is 9.18. The molecule has 2 aliphatic rings. The predicted octanol–water partition coefficient (Wildman–Crippen LogP) is 2.65. The number of carboxylic acids is 1. The maximum Gasteiger partial charge on any atom is 1.00 e. The van der Waals surface area contributed by atoms with Crippen molar-refractivity contribution in [2.45, 2.75) is 88.4 Å². The summed E-state index contributed by atoms with van der Waals surface area (Å²) in [5.74, 6) is -0.721. The molecule has 1 atom stereocenters. The van der Waals surface area contributed by atoms with Crippen molar-refractivity contribution in [3.05, 3.63) is 57.7 Å². The van der Waals surface area contributed by atoms with Gasteiger partial charge in [0.2, 0.25) is 0 Å². The van der Waals surface area contributed by atoms with Crippen LogP contribution in [0.5, 0.6) is 0 Å². The van der Waals surface area contributed by atoms with Gasteiger partial charge in [-0.2, -0.15) is 0 Å². The molecule has 2 saturated carbocycles. The Morgan fingerprint density at radius 1 is 1.18 bits per heavy atom. The number of aliphatic carboxylic acids is 1. The van der Waals surface area contributed by atoms with Crippen LogP contribution in [0.1, 0.15) is 99.1 Å². The van der Waals surface area contributed by atoms with Crippen molar-refractivity contribution in [2.75, 3.05) is 0 Å². The molecule has 7 nitrogen and oxygen atoms in total. The zero-order valence-corrected chi connectivity index (χ0v) is 24.5. The summed E-state index contributed by atoms with van der Waals surface area (Å²) in [6.07, 6.45) is 6.34. The molecular weight excluding hydrogens is 522 g/mol. The molecule has 2 fully saturated rings. The first-order valence-electron chi connectivity index (χ1n) is 12.9. The zero-order chi connectivity index (χ0) is 26.2. The molecule has 3 aromatic rings. The predicted molar refractivity (Wildman–Crippen MR) is 132 cm³/mol. The van der Waals surface area contributed by atoms with Gasteiger partial charge in [0.05, 0.1) is 5.69 Å². The number of ketones is 1. The van der Waals surface area contributed by atoms with Gasteiger partial charge in [0.15, 0.2) is 11.5 Å². The largest absolute Gasteiger partial charge is 1.00 e. The fourth-order valence-corrected chi connectivity index (χ4v) is 5.71. The molecule has 38 heavy (non-hydrogen) atoms. The second kappa shape index (κ2) is 12.0. The maximum atomic E-state index is 13.4. The van der Waals surface area contributed by atoms with E-state index in [1.54, 1.807) is 0 Å². The fraction of sp³-hybridized carbons (Fsp3) is 0.500. The van der Waals surface area contributed by atoms with E-state index in [-0.39, 0.29) is 77.4 Å². The van der Waals surface area contributed by atoms with Crippen LogP contribution < -0.4 is 34.7 Å². The minimum atomic E-state index is -1.19. The van der Waals surface area contributed by atoms with Crippen LogP contribution in [-0.4, -0.2) is 22.1 Å². The molecule has 0 spiro atoms. The van der Waals surface area contributed by atoms with E-state index in [0.29, 0.717) is 22.7 Å². The SMILES string of the molecule is CC1(c2cc(-c3onc([C@@H](CCC(=O)[O-])CC(=O)Cc4ccc(F)cc4Cl)c3C3CC3)no2)CCCC1.[Na+]. The average molecular weight is 551 g/mol. The molecule has 0 bridgehead atoms. The van der Waals surface area contributed by atoms with Crippen molar-refractivity contribution in [3.8, 4) is 11.5 Å². The number of halogens is 2. The van der Waals surface area contributed by atoms with E-state index in [0.717, 1.165) is 49.8 Å². The number of hydrogen-bond donors (Lipinski definition) is 0. The van der Waals surface area contributed by atoms with Gasteiger partial charge >= 0.3 is 29.6 Å². The number of rotatable bonds is 11. The zero-order valence-electron chi connectivity index (χ0n) is 21.7. The number of hydrogen-bond acceptors (Lipinski definition) is 7. The average Bonchev–Trinajstić information content (AvgIpc) is 3.22. The van der Waals surface area contributed by atoms with Gasteiger partial charge in [-0.05, 0) is 62.1 Å². The second-order valence-electron chi connectivity index (χ2n) is 10.7. The Morgan fingerprint density at radius 3 is 2.58 bits per heavy atom. The Labute approximate surface area is 247 Å². The number of Topliss-reactive ketones (excluding diaryl/α,β-unsaturated/α-hetero) is 1. The van der Waals surface area contributed by atoms with E-state index in [9.17, 15) is 19.1 Å². The molecule has 2 aliphatic carbocycles. The van der Waals surface area contributed by atoms with Gasteiger partial charge in [-0.1, -0.05) is 47.7 Å². The summed E-state index contributed by atoms with van der Waals surface area (Å²) in [6, 6.07) is 5.85. The van der Waals surface area contributed by atoms with E-state index >= 15 is 0 Å². The monoisotopic (exact) mass is 550 g/mol. The van der Waals surface area contributed by atoms with Crippen molar-refractivity contribution in [1.82, 2.24) is 10.3 Å². The van der Waals surface area contributed by atoms with Crippen LogP contribution in [0.25, 0.3) is 11.5 Å². The topological polar surface area (TPSA) is 109 Å². The summed E-state index contributed by atoms with van der Waals surface area (Å²) in [4.78, 5) is 24.3. The second-order valence-corrected chi connectivity index (χ2v) is 11.1. The Hall–Kier alpha value is -2.00. The minimum Gasteiger partial charge on any atom is -0.550 e. The summed E-state index contributed by atoms with van der Waals surface area (Å²) < 4.78 is 25.0. The normalized spacial score (nSPS) is 17.2. The Balaban J connectivity index is 0.00000336. The van der Waals surface area contributed by atoms with Crippen molar-refractivity contribution < 1.29 is 57.7 Å². The van der Waals surface area contributed by atoms with Gasteiger partial charge in [0.25, 0.3) is 0 Å². The standard InChI is InChI=1S/C28H30ClFN2O5.Na/c1-28(10-2-3-11-28)23-15-22(31-36-23)27-25(16-4-5-16)26(32-37-27)18(7-9-24(34)35)13-20(33)12-17-6-8-19(30)14-21(17)29;/h6,8,14-16,18H,2-5,7,9-13H2,1H3,(H,34,35);/q;+1/p-1/t18-;/m0./s1. The van der Waals surface area contributed by atoms with Crippen LogP contribution in [0.15, 0.2) is 33.3 Å². The van der Waals surface area contributed by atoms with Crippen molar-refractivity contribution >= 4 is 23.4 Å². The molecule has 0 radical (unpaired) electrons. The first kappa shape index (κ1) is 29.0. The molecular formula is C28H29ClFN2NaO5. The van der Waals surface area contributed by atoms with E-state index in [1.807, 2.05) is 6.07 Å². The quantitative estimate of drug-likeness (QED) is 0.338. The molecule has 0 unspecified atom stereocenters. The summed E-state index contributed by atoms with van der Waals surface area (Å²) >= 11 is 6.11. The number of carboxylic acid groups (broad SMARTS) is 1. The molecule has 196 valence electrons. The van der Waals surface area contributed by atoms with Crippen molar-refractivity contribution in [1.29, 1.82) is 0 Å². The minimum absolute atomic E-state index is 0. The number of benzene rings is 1. The smallest absolute Gasteiger partial charge is 0.550 e. The number of carbonyl (C=O) groups is 2. The van der Waals surface area contributed by atoms with Gasteiger partial charge in [-0.3, -0.25) is 4.79 Å². The molecule has 10 heteroatoms. The number of aromatic nitrogens is 2. The van der Waals surface area contributed by atoms with Crippen LogP contribution in [0.3, 0.4) is 0 Å². The summed E-state index contributed by atoms with van der Waals surface area (Å²) in [7, 11) is 0. The van der Waals surface area contributed by atoms with E-state index in [4.69, 9.17) is 20.6 Å². The van der Waals surface area contributed by atoms with Gasteiger partial charge in [-0.25, -0.2) is 4.39 Å². The molecule has 2 aromatic heterocycles. The number of nitrogens with zero attached hydrogens (tertiary/aromatic N) is 2.